The van der Waals surface area contributed by atoms with E-state index in [1.165, 1.54) is 48.2 Å². The third-order valence-corrected chi connectivity index (χ3v) is 6.78. The van der Waals surface area contributed by atoms with Gasteiger partial charge in [-0.25, -0.2) is 0 Å². The van der Waals surface area contributed by atoms with Crippen LogP contribution in [0.4, 0.5) is 5.69 Å². The van der Waals surface area contributed by atoms with Gasteiger partial charge < -0.3 is 4.42 Å². The summed E-state index contributed by atoms with van der Waals surface area (Å²) in [5, 5.41) is 27.1. The second-order valence-corrected chi connectivity index (χ2v) is 8.76. The Kier molecular flexibility index (Phi) is 5.22. The van der Waals surface area contributed by atoms with Gasteiger partial charge in [0.25, 0.3) is 11.6 Å². The maximum Gasteiger partial charge on any atom is 0.283 e. The van der Waals surface area contributed by atoms with E-state index in [1.807, 2.05) is 0 Å². The third-order valence-electron chi connectivity index (χ3n) is 5.70. The Morgan fingerprint density at radius 1 is 1.19 bits per heavy atom. The average molecular weight is 449 g/mol. The Morgan fingerprint density at radius 3 is 2.75 bits per heavy atom. The number of carbonyl (C=O) groups is 1. The fourth-order valence-electron chi connectivity index (χ4n) is 4.08. The number of furan rings is 1. The minimum absolute atomic E-state index is 0.0537. The average Bonchev–Trinajstić information content (AvgIpc) is 3.44. The molecule has 9 nitrogen and oxygen atoms in total. The lowest BCUT2D eigenvalue weighted by Crippen LogP contribution is -2.35. The summed E-state index contributed by atoms with van der Waals surface area (Å²) in [5.41, 5.74) is 0.326. The fourth-order valence-corrected chi connectivity index (χ4v) is 5.14. The number of benzene rings is 1. The lowest BCUT2D eigenvalue weighted by atomic mass is 9.90. The summed E-state index contributed by atoms with van der Waals surface area (Å²) in [6.45, 7) is 0. The van der Waals surface area contributed by atoms with Crippen LogP contribution in [0.3, 0.4) is 0 Å². The third kappa shape index (κ3) is 3.66. The number of aliphatic imine (C=N–C) groups is 1. The molecule has 1 saturated carbocycles. The summed E-state index contributed by atoms with van der Waals surface area (Å²) in [7, 11) is 0. The van der Waals surface area contributed by atoms with Gasteiger partial charge in [0.05, 0.1) is 16.1 Å². The second-order valence-electron chi connectivity index (χ2n) is 7.77. The molecule has 1 aromatic heterocycles. The van der Waals surface area contributed by atoms with Crippen LogP contribution in [0.15, 0.2) is 56.5 Å². The van der Waals surface area contributed by atoms with E-state index in [-0.39, 0.29) is 17.1 Å². The summed E-state index contributed by atoms with van der Waals surface area (Å²) in [6.07, 6.45) is 7.13. The molecule has 3 heterocycles. The van der Waals surface area contributed by atoms with Gasteiger partial charge in [-0.05, 0) is 48.9 Å². The first-order valence-electron chi connectivity index (χ1n) is 10.3. The Bertz CT molecular complexity index is 1220. The molecule has 1 aliphatic carbocycles. The SMILES string of the molecule is N=C1C(=Cc2ccc(-c3ccccc3[N+](=O)[O-])o2)C(=O)N=C2SC(C3CCCCC3)=NN12. The Morgan fingerprint density at radius 2 is 1.97 bits per heavy atom. The van der Waals surface area contributed by atoms with Gasteiger partial charge in [0, 0.05) is 12.0 Å². The van der Waals surface area contributed by atoms with Crippen molar-refractivity contribution in [2.75, 3.05) is 0 Å². The first kappa shape index (κ1) is 20.4. The van der Waals surface area contributed by atoms with Gasteiger partial charge in [-0.1, -0.05) is 31.4 Å². The van der Waals surface area contributed by atoms with Gasteiger partial charge >= 0.3 is 0 Å². The molecule has 0 unspecified atom stereocenters. The van der Waals surface area contributed by atoms with Gasteiger partial charge in [0.1, 0.15) is 16.6 Å². The van der Waals surface area contributed by atoms with E-state index in [1.54, 1.807) is 30.3 Å². The molecule has 0 radical (unpaired) electrons. The maximum atomic E-state index is 12.6. The standard InChI is InChI=1S/C22H19N5O4S/c23-19-16(12-14-10-11-18(31-14)15-8-4-5-9-17(15)27(29)30)20(28)24-22-26(19)25-21(32-22)13-6-2-1-3-7-13/h4-5,8-13,23H,1-3,6-7H2. The molecule has 1 aromatic carbocycles. The minimum Gasteiger partial charge on any atom is -0.456 e. The van der Waals surface area contributed by atoms with Gasteiger partial charge in [-0.3, -0.25) is 20.3 Å². The highest BCUT2D eigenvalue weighted by atomic mass is 32.2. The molecule has 0 atom stereocenters. The number of amidine groups is 2. The zero-order valence-electron chi connectivity index (χ0n) is 17.0. The predicted molar refractivity (Wildman–Crippen MR) is 122 cm³/mol. The molecule has 2 aromatic rings. The first-order valence-corrected chi connectivity index (χ1v) is 11.2. The molecule has 0 saturated heterocycles. The second kappa shape index (κ2) is 8.19. The van der Waals surface area contributed by atoms with Gasteiger partial charge in [-0.2, -0.15) is 15.1 Å². The van der Waals surface area contributed by atoms with Crippen molar-refractivity contribution in [2.24, 2.45) is 16.0 Å². The molecule has 5 rings (SSSR count). The first-order chi connectivity index (χ1) is 15.5. The summed E-state index contributed by atoms with van der Waals surface area (Å²) < 4.78 is 5.75. The number of fused-ring (bicyclic) bond motifs is 1. The van der Waals surface area contributed by atoms with Crippen molar-refractivity contribution in [3.8, 4) is 11.3 Å². The molecule has 1 N–H and O–H groups in total. The van der Waals surface area contributed by atoms with Gasteiger partial charge in [-0.15, -0.1) is 0 Å². The number of nitro groups is 1. The Hall–Kier alpha value is -3.53. The quantitative estimate of drug-likeness (QED) is 0.395. The Labute approximate surface area is 187 Å². The van der Waals surface area contributed by atoms with Crippen LogP contribution in [0.5, 0.6) is 0 Å². The number of hydrogen-bond acceptors (Lipinski definition) is 7. The summed E-state index contributed by atoms with van der Waals surface area (Å²) >= 11 is 1.37. The van der Waals surface area contributed by atoms with Crippen molar-refractivity contribution < 1.29 is 14.1 Å². The number of para-hydroxylation sites is 1. The van der Waals surface area contributed by atoms with Crippen molar-refractivity contribution >= 4 is 45.5 Å². The van der Waals surface area contributed by atoms with Crippen LogP contribution in [0.25, 0.3) is 17.4 Å². The molecule has 2 aliphatic heterocycles. The number of hydrogen-bond donors (Lipinski definition) is 1. The number of carbonyl (C=O) groups excluding carboxylic acids is 1. The van der Waals surface area contributed by atoms with Crippen molar-refractivity contribution in [3.63, 3.8) is 0 Å². The normalized spacial score (nSPS) is 20.4. The van der Waals surface area contributed by atoms with E-state index >= 15 is 0 Å². The van der Waals surface area contributed by atoms with E-state index in [9.17, 15) is 14.9 Å². The van der Waals surface area contributed by atoms with Crippen LogP contribution < -0.4 is 0 Å². The molecular formula is C22H19N5O4S. The van der Waals surface area contributed by atoms with Gasteiger partial charge in [0.2, 0.25) is 5.17 Å². The van der Waals surface area contributed by atoms with Crippen LogP contribution in [0.2, 0.25) is 0 Å². The maximum absolute atomic E-state index is 12.6. The van der Waals surface area contributed by atoms with E-state index < -0.39 is 10.8 Å². The number of rotatable bonds is 4. The van der Waals surface area contributed by atoms with Crippen molar-refractivity contribution in [1.82, 2.24) is 5.01 Å². The smallest absolute Gasteiger partial charge is 0.283 e. The molecular weight excluding hydrogens is 430 g/mol. The number of thioether (sulfide) groups is 1. The number of hydrazone groups is 1. The monoisotopic (exact) mass is 449 g/mol. The van der Waals surface area contributed by atoms with E-state index in [0.717, 1.165) is 17.9 Å². The van der Waals surface area contributed by atoms with E-state index in [2.05, 4.69) is 10.1 Å². The summed E-state index contributed by atoms with van der Waals surface area (Å²) in [6, 6.07) is 9.48. The molecule has 10 heteroatoms. The molecule has 162 valence electrons. The van der Waals surface area contributed by atoms with Crippen molar-refractivity contribution in [2.45, 2.75) is 32.1 Å². The Balaban J connectivity index is 1.42. The van der Waals surface area contributed by atoms with Crippen molar-refractivity contribution in [1.29, 1.82) is 5.41 Å². The fraction of sp³-hybridized carbons (Fsp3) is 0.273. The highest BCUT2D eigenvalue weighted by Gasteiger charge is 2.38. The molecule has 3 aliphatic rings. The lowest BCUT2D eigenvalue weighted by molar-refractivity contribution is -0.384. The van der Waals surface area contributed by atoms with E-state index in [0.29, 0.717) is 28.2 Å². The minimum atomic E-state index is -0.530. The van der Waals surface area contributed by atoms with Crippen LogP contribution >= 0.6 is 11.8 Å². The highest BCUT2D eigenvalue weighted by molar-refractivity contribution is 8.27. The lowest BCUT2D eigenvalue weighted by Gasteiger charge is -2.20. The molecule has 1 amide bonds. The summed E-state index contributed by atoms with van der Waals surface area (Å²) in [4.78, 5) is 27.6. The van der Waals surface area contributed by atoms with Crippen LogP contribution in [0.1, 0.15) is 37.9 Å². The van der Waals surface area contributed by atoms with Crippen LogP contribution in [0, 0.1) is 21.4 Å². The van der Waals surface area contributed by atoms with Crippen LogP contribution in [-0.4, -0.2) is 31.9 Å². The van der Waals surface area contributed by atoms with Gasteiger partial charge in [0.15, 0.2) is 5.84 Å². The largest absolute Gasteiger partial charge is 0.456 e. The number of nitrogens with zero attached hydrogens (tertiary/aromatic N) is 4. The predicted octanol–water partition coefficient (Wildman–Crippen LogP) is 5.05. The molecule has 1 fully saturated rings. The number of amides is 1. The van der Waals surface area contributed by atoms with Crippen LogP contribution in [-0.2, 0) is 4.79 Å². The van der Waals surface area contributed by atoms with Crippen molar-refractivity contribution in [3.05, 3.63) is 57.8 Å². The number of nitro benzene ring substituents is 1. The van der Waals surface area contributed by atoms with E-state index in [4.69, 9.17) is 9.83 Å². The number of nitrogens with one attached hydrogen (secondary N) is 1. The zero-order valence-corrected chi connectivity index (χ0v) is 17.8. The topological polar surface area (TPSA) is 125 Å². The molecule has 0 bridgehead atoms. The highest BCUT2D eigenvalue weighted by Crippen LogP contribution is 2.37. The molecule has 32 heavy (non-hydrogen) atoms. The zero-order chi connectivity index (χ0) is 22.2. The summed E-state index contributed by atoms with van der Waals surface area (Å²) in [5.74, 6) is 0.372. The molecule has 0 spiro atoms.